The van der Waals surface area contributed by atoms with Gasteiger partial charge in [0.05, 0.1) is 6.61 Å². The lowest BCUT2D eigenvalue weighted by molar-refractivity contribution is 0.356. The van der Waals surface area contributed by atoms with Crippen molar-refractivity contribution in [3.05, 3.63) is 41.5 Å². The molecule has 2 heterocycles. The molecule has 112 valence electrons. The van der Waals surface area contributed by atoms with Gasteiger partial charge in [0.2, 0.25) is 0 Å². The lowest BCUT2D eigenvalue weighted by atomic mass is 10.0. The Labute approximate surface area is 125 Å². The Morgan fingerprint density at radius 3 is 3.19 bits per heavy atom. The normalized spacial score (nSPS) is 14.7. The highest BCUT2D eigenvalue weighted by Gasteiger charge is 2.15. The molecule has 0 radical (unpaired) electrons. The molecule has 0 saturated heterocycles. The number of hydrogen-bond donors (Lipinski definition) is 2. The van der Waals surface area contributed by atoms with Gasteiger partial charge in [-0.1, -0.05) is 19.1 Å². The van der Waals surface area contributed by atoms with E-state index in [1.165, 1.54) is 11.1 Å². The Hall–Kier alpha value is -1.88. The second kappa shape index (κ2) is 6.72. The molecule has 1 aliphatic rings. The minimum atomic E-state index is 0.408. The number of ether oxygens (including phenoxy) is 1. The molecule has 1 atom stereocenters. The van der Waals surface area contributed by atoms with Gasteiger partial charge in [0.15, 0.2) is 0 Å². The summed E-state index contributed by atoms with van der Waals surface area (Å²) in [4.78, 5) is 4.14. The van der Waals surface area contributed by atoms with Gasteiger partial charge in [0.1, 0.15) is 17.9 Å². The largest absolute Gasteiger partial charge is 0.493 e. The highest BCUT2D eigenvalue weighted by atomic mass is 16.5. The Kier molecular flexibility index (Phi) is 4.50. The van der Waals surface area contributed by atoms with Crippen molar-refractivity contribution in [1.82, 2.24) is 20.5 Å². The van der Waals surface area contributed by atoms with E-state index < -0.39 is 0 Å². The summed E-state index contributed by atoms with van der Waals surface area (Å²) < 4.78 is 5.57. The maximum Gasteiger partial charge on any atom is 0.137 e. The van der Waals surface area contributed by atoms with Crippen LogP contribution in [0, 0.1) is 0 Å². The molecule has 1 unspecified atom stereocenters. The Morgan fingerprint density at radius 1 is 1.43 bits per heavy atom. The average Bonchev–Trinajstić information content (AvgIpc) is 3.17. The van der Waals surface area contributed by atoms with Crippen molar-refractivity contribution in [3.8, 4) is 5.75 Å². The van der Waals surface area contributed by atoms with Gasteiger partial charge in [-0.3, -0.25) is 5.10 Å². The topological polar surface area (TPSA) is 62.8 Å². The van der Waals surface area contributed by atoms with E-state index in [0.717, 1.165) is 50.4 Å². The van der Waals surface area contributed by atoms with E-state index in [0.29, 0.717) is 6.04 Å². The van der Waals surface area contributed by atoms with E-state index in [4.69, 9.17) is 4.74 Å². The van der Waals surface area contributed by atoms with E-state index in [9.17, 15) is 0 Å². The summed E-state index contributed by atoms with van der Waals surface area (Å²) in [5, 5.41) is 10.4. The van der Waals surface area contributed by atoms with Crippen LogP contribution in [-0.4, -0.2) is 28.3 Å². The standard InChI is InChI=1S/C16H22N4O/c1-2-14(17-8-3-4-16-18-11-19-20-16)12-5-6-15-13(10-12)7-9-21-15/h5-6,10-11,14,17H,2-4,7-9H2,1H3,(H,18,19,20). The first-order chi connectivity index (χ1) is 10.4. The van der Waals surface area contributed by atoms with Crippen molar-refractivity contribution in [2.75, 3.05) is 13.2 Å². The molecule has 2 N–H and O–H groups in total. The van der Waals surface area contributed by atoms with Crippen LogP contribution in [-0.2, 0) is 12.8 Å². The van der Waals surface area contributed by atoms with Crippen LogP contribution in [0.5, 0.6) is 5.75 Å². The fourth-order valence-corrected chi connectivity index (χ4v) is 2.80. The molecule has 0 spiro atoms. The van der Waals surface area contributed by atoms with Gasteiger partial charge in [-0.25, -0.2) is 4.98 Å². The second-order valence-corrected chi connectivity index (χ2v) is 5.42. The molecule has 2 aromatic rings. The average molecular weight is 286 g/mol. The van der Waals surface area contributed by atoms with Gasteiger partial charge < -0.3 is 10.1 Å². The Balaban J connectivity index is 1.52. The lowest BCUT2D eigenvalue weighted by Gasteiger charge is -2.18. The SMILES string of the molecule is CCC(NCCCc1ncn[nH]1)c1ccc2c(c1)CCO2. The number of fused-ring (bicyclic) bond motifs is 1. The maximum absolute atomic E-state index is 5.57. The number of rotatable bonds is 7. The van der Waals surface area contributed by atoms with Crippen LogP contribution in [0.1, 0.15) is 42.8 Å². The van der Waals surface area contributed by atoms with Crippen LogP contribution in [0.25, 0.3) is 0 Å². The predicted molar refractivity (Wildman–Crippen MR) is 81.4 cm³/mol. The van der Waals surface area contributed by atoms with Crippen LogP contribution < -0.4 is 10.1 Å². The second-order valence-electron chi connectivity index (χ2n) is 5.42. The maximum atomic E-state index is 5.57. The van der Waals surface area contributed by atoms with E-state index in [2.05, 4.69) is 45.6 Å². The Morgan fingerprint density at radius 2 is 2.38 bits per heavy atom. The van der Waals surface area contributed by atoms with Gasteiger partial charge in [-0.15, -0.1) is 0 Å². The molecule has 5 nitrogen and oxygen atoms in total. The van der Waals surface area contributed by atoms with Gasteiger partial charge in [0, 0.05) is 18.9 Å². The molecule has 0 fully saturated rings. The van der Waals surface area contributed by atoms with Crippen LogP contribution in [0.3, 0.4) is 0 Å². The summed E-state index contributed by atoms with van der Waals surface area (Å²) in [6.45, 7) is 4.02. The van der Waals surface area contributed by atoms with Gasteiger partial charge in [-0.05, 0) is 36.6 Å². The van der Waals surface area contributed by atoms with Crippen molar-refractivity contribution in [2.24, 2.45) is 0 Å². The summed E-state index contributed by atoms with van der Waals surface area (Å²) in [7, 11) is 0. The van der Waals surface area contributed by atoms with Gasteiger partial charge in [-0.2, -0.15) is 5.10 Å². The molecule has 1 aliphatic heterocycles. The molecular weight excluding hydrogens is 264 g/mol. The number of H-pyrrole nitrogens is 1. The fourth-order valence-electron chi connectivity index (χ4n) is 2.80. The molecule has 3 rings (SSSR count). The molecule has 1 aromatic carbocycles. The van der Waals surface area contributed by atoms with E-state index in [1.807, 2.05) is 0 Å². The van der Waals surface area contributed by atoms with E-state index >= 15 is 0 Å². The first-order valence-electron chi connectivity index (χ1n) is 7.70. The number of benzene rings is 1. The molecule has 0 saturated carbocycles. The van der Waals surface area contributed by atoms with Crippen molar-refractivity contribution < 1.29 is 4.74 Å². The van der Waals surface area contributed by atoms with E-state index in [-0.39, 0.29) is 0 Å². The third-order valence-electron chi connectivity index (χ3n) is 3.97. The van der Waals surface area contributed by atoms with Crippen molar-refractivity contribution in [2.45, 2.75) is 38.6 Å². The zero-order valence-corrected chi connectivity index (χ0v) is 12.4. The monoisotopic (exact) mass is 286 g/mol. The number of aromatic amines is 1. The number of aromatic nitrogens is 3. The molecule has 0 bridgehead atoms. The number of aryl methyl sites for hydroxylation is 1. The van der Waals surface area contributed by atoms with Crippen molar-refractivity contribution in [1.29, 1.82) is 0 Å². The molecule has 0 aliphatic carbocycles. The summed E-state index contributed by atoms with van der Waals surface area (Å²) in [6.07, 6.45) is 5.67. The Bertz CT molecular complexity index is 568. The molecule has 0 amide bonds. The highest BCUT2D eigenvalue weighted by molar-refractivity contribution is 5.40. The van der Waals surface area contributed by atoms with Crippen molar-refractivity contribution >= 4 is 0 Å². The molecule has 21 heavy (non-hydrogen) atoms. The summed E-state index contributed by atoms with van der Waals surface area (Å²) in [5.74, 6) is 2.01. The molecule has 5 heteroatoms. The number of hydrogen-bond acceptors (Lipinski definition) is 4. The first-order valence-corrected chi connectivity index (χ1v) is 7.70. The van der Waals surface area contributed by atoms with Crippen LogP contribution in [0.2, 0.25) is 0 Å². The number of nitrogens with one attached hydrogen (secondary N) is 2. The molecular formula is C16H22N4O. The molecule has 1 aromatic heterocycles. The zero-order chi connectivity index (χ0) is 14.5. The van der Waals surface area contributed by atoms with Gasteiger partial charge >= 0.3 is 0 Å². The van der Waals surface area contributed by atoms with E-state index in [1.54, 1.807) is 6.33 Å². The lowest BCUT2D eigenvalue weighted by Crippen LogP contribution is -2.22. The zero-order valence-electron chi connectivity index (χ0n) is 12.4. The first kappa shape index (κ1) is 14.1. The van der Waals surface area contributed by atoms with Crippen molar-refractivity contribution in [3.63, 3.8) is 0 Å². The minimum absolute atomic E-state index is 0.408. The third-order valence-corrected chi connectivity index (χ3v) is 3.97. The van der Waals surface area contributed by atoms with Crippen LogP contribution in [0.15, 0.2) is 24.5 Å². The van der Waals surface area contributed by atoms with Crippen LogP contribution >= 0.6 is 0 Å². The third kappa shape index (κ3) is 3.42. The smallest absolute Gasteiger partial charge is 0.137 e. The summed E-state index contributed by atoms with van der Waals surface area (Å²) >= 11 is 0. The van der Waals surface area contributed by atoms with Crippen LogP contribution in [0.4, 0.5) is 0 Å². The highest BCUT2D eigenvalue weighted by Crippen LogP contribution is 2.29. The predicted octanol–water partition coefficient (Wildman–Crippen LogP) is 2.41. The summed E-state index contributed by atoms with van der Waals surface area (Å²) in [6, 6.07) is 6.99. The summed E-state index contributed by atoms with van der Waals surface area (Å²) in [5.41, 5.74) is 2.70. The fraction of sp³-hybridized carbons (Fsp3) is 0.500. The minimum Gasteiger partial charge on any atom is -0.493 e. The number of nitrogens with zero attached hydrogens (tertiary/aromatic N) is 2. The van der Waals surface area contributed by atoms with Gasteiger partial charge in [0.25, 0.3) is 0 Å². The quantitative estimate of drug-likeness (QED) is 0.767.